The van der Waals surface area contributed by atoms with Crippen molar-refractivity contribution in [1.29, 1.82) is 0 Å². The second-order valence-corrected chi connectivity index (χ2v) is 12.2. The molecule has 3 aliphatic heterocycles. The first-order chi connectivity index (χ1) is 18.2. The van der Waals surface area contributed by atoms with Gasteiger partial charge in [0.2, 0.25) is 11.0 Å². The number of likely N-dealkylation sites (tertiary alicyclic amines) is 1. The molecule has 9 nitrogen and oxygen atoms in total. The van der Waals surface area contributed by atoms with Gasteiger partial charge in [-0.25, -0.2) is 4.98 Å². The van der Waals surface area contributed by atoms with Gasteiger partial charge in [-0.05, 0) is 50.8 Å². The Morgan fingerprint density at radius 2 is 2.03 bits per heavy atom. The molecule has 4 heterocycles. The Labute approximate surface area is 227 Å². The summed E-state index contributed by atoms with van der Waals surface area (Å²) in [7, 11) is 1.56. The highest BCUT2D eigenvalue weighted by Crippen LogP contribution is 2.32. The summed E-state index contributed by atoms with van der Waals surface area (Å²) in [5.74, 6) is 2.09. The summed E-state index contributed by atoms with van der Waals surface area (Å²) < 4.78 is 16.1. The van der Waals surface area contributed by atoms with Crippen molar-refractivity contribution in [1.82, 2.24) is 24.9 Å². The van der Waals surface area contributed by atoms with Crippen molar-refractivity contribution >= 4 is 34.3 Å². The predicted molar refractivity (Wildman–Crippen MR) is 148 cm³/mol. The Bertz CT molecular complexity index is 982. The second-order valence-electron chi connectivity index (χ2n) is 9.98. The van der Waals surface area contributed by atoms with E-state index in [-0.39, 0.29) is 30.7 Å². The molecule has 0 radical (unpaired) electrons. The Kier molecular flexibility index (Phi) is 9.54. The lowest BCUT2D eigenvalue weighted by Gasteiger charge is -2.38. The largest absolute Gasteiger partial charge is 0.487 e. The van der Waals surface area contributed by atoms with Crippen LogP contribution in [-0.2, 0) is 9.53 Å². The molecule has 1 aromatic heterocycles. The van der Waals surface area contributed by atoms with E-state index in [1.54, 1.807) is 7.11 Å². The van der Waals surface area contributed by atoms with Crippen molar-refractivity contribution in [3.63, 3.8) is 0 Å². The van der Waals surface area contributed by atoms with Gasteiger partial charge in [0.05, 0.1) is 5.37 Å². The van der Waals surface area contributed by atoms with Gasteiger partial charge in [0, 0.05) is 55.9 Å². The summed E-state index contributed by atoms with van der Waals surface area (Å²) in [6, 6.07) is 10.1. The fourth-order valence-electron chi connectivity index (χ4n) is 5.27. The number of nitrogens with zero attached hydrogens (tertiary/aromatic N) is 3. The second kappa shape index (κ2) is 13.2. The molecular weight excluding hydrogens is 508 g/mol. The Hall–Kier alpha value is -1.92. The molecule has 0 aliphatic carbocycles. The number of nitrogens with one attached hydrogen (secondary N) is 3. The van der Waals surface area contributed by atoms with E-state index in [9.17, 15) is 4.79 Å². The summed E-state index contributed by atoms with van der Waals surface area (Å²) in [6.07, 6.45) is 6.46. The summed E-state index contributed by atoms with van der Waals surface area (Å²) in [5.41, 5.74) is 0. The van der Waals surface area contributed by atoms with Crippen LogP contribution in [0.2, 0.25) is 0 Å². The molecule has 4 unspecified atom stereocenters. The first-order valence-electron chi connectivity index (χ1n) is 13.4. The number of para-hydroxylation sites is 1. The Morgan fingerprint density at radius 3 is 2.78 bits per heavy atom. The van der Waals surface area contributed by atoms with Crippen LogP contribution in [0.4, 0.5) is 5.13 Å². The smallest absolute Gasteiger partial charge is 0.248 e. The fourth-order valence-corrected chi connectivity index (χ4v) is 7.43. The van der Waals surface area contributed by atoms with E-state index in [0.29, 0.717) is 10.6 Å². The van der Waals surface area contributed by atoms with Gasteiger partial charge in [-0.2, -0.15) is 4.37 Å². The standard InChI is InChI=1S/C26H38N6O3S2/c1-34-17-23(33)32-13-10-18(11-14-32)24-29-26(37-31-24)30-25-21(35-19-7-3-2-4-8-19)15-20(16-28-25)36-22-9-5-6-12-27-22/h2-4,7-8,18,20-22,25,27-28H,5-6,9-17H2,1H3,(H,29,30,31). The number of ether oxygens (including phenoxy) is 2. The molecule has 3 fully saturated rings. The number of piperidine rings is 3. The maximum atomic E-state index is 12.1. The number of thioether (sulfide) groups is 1. The zero-order valence-electron chi connectivity index (χ0n) is 21.4. The van der Waals surface area contributed by atoms with Crippen molar-refractivity contribution in [3.05, 3.63) is 36.2 Å². The zero-order valence-corrected chi connectivity index (χ0v) is 23.1. The van der Waals surface area contributed by atoms with Gasteiger partial charge < -0.3 is 25.0 Å². The number of carbonyl (C=O) groups excluding carboxylic acids is 1. The van der Waals surface area contributed by atoms with E-state index < -0.39 is 0 Å². The minimum atomic E-state index is -0.0503. The maximum absolute atomic E-state index is 12.1. The third-order valence-corrected chi connectivity index (χ3v) is 9.42. The van der Waals surface area contributed by atoms with Gasteiger partial charge in [-0.15, -0.1) is 11.8 Å². The van der Waals surface area contributed by atoms with Crippen molar-refractivity contribution < 1.29 is 14.3 Å². The molecule has 5 rings (SSSR count). The number of hydrogen-bond acceptors (Lipinski definition) is 10. The first-order valence-corrected chi connectivity index (χ1v) is 15.1. The first kappa shape index (κ1) is 26.7. The van der Waals surface area contributed by atoms with E-state index in [1.165, 1.54) is 30.8 Å². The highest BCUT2D eigenvalue weighted by Gasteiger charge is 2.35. The van der Waals surface area contributed by atoms with Gasteiger partial charge >= 0.3 is 0 Å². The lowest BCUT2D eigenvalue weighted by molar-refractivity contribution is -0.136. The lowest BCUT2D eigenvalue weighted by Crippen LogP contribution is -2.56. The van der Waals surface area contributed by atoms with Crippen LogP contribution in [0.5, 0.6) is 5.75 Å². The third kappa shape index (κ3) is 7.35. The quantitative estimate of drug-likeness (QED) is 0.438. The van der Waals surface area contributed by atoms with Crippen molar-refractivity contribution in [3.8, 4) is 5.75 Å². The van der Waals surface area contributed by atoms with Gasteiger partial charge in [0.1, 0.15) is 30.5 Å². The fraction of sp³-hybridized carbons (Fsp3) is 0.654. The number of rotatable bonds is 9. The third-order valence-electron chi connectivity index (χ3n) is 7.29. The highest BCUT2D eigenvalue weighted by atomic mass is 32.2. The molecule has 3 N–H and O–H groups in total. The van der Waals surface area contributed by atoms with Crippen LogP contribution in [0.15, 0.2) is 30.3 Å². The van der Waals surface area contributed by atoms with Crippen LogP contribution in [-0.4, -0.2) is 83.0 Å². The van der Waals surface area contributed by atoms with Crippen LogP contribution in [0.25, 0.3) is 0 Å². The van der Waals surface area contributed by atoms with Gasteiger partial charge in [0.15, 0.2) is 0 Å². The minimum Gasteiger partial charge on any atom is -0.487 e. The van der Waals surface area contributed by atoms with Crippen molar-refractivity contribution in [2.75, 3.05) is 45.2 Å². The van der Waals surface area contributed by atoms with E-state index in [1.807, 2.05) is 47.0 Å². The summed E-state index contributed by atoms with van der Waals surface area (Å²) in [4.78, 5) is 18.8. The zero-order chi connectivity index (χ0) is 25.5. The van der Waals surface area contributed by atoms with Crippen LogP contribution in [0.3, 0.4) is 0 Å². The molecule has 11 heteroatoms. The van der Waals surface area contributed by atoms with Crippen LogP contribution in [0.1, 0.15) is 50.3 Å². The summed E-state index contributed by atoms with van der Waals surface area (Å²) in [5, 5.41) is 12.8. The van der Waals surface area contributed by atoms with Crippen molar-refractivity contribution in [2.24, 2.45) is 0 Å². The maximum Gasteiger partial charge on any atom is 0.248 e. The minimum absolute atomic E-state index is 0.0281. The van der Waals surface area contributed by atoms with Crippen molar-refractivity contribution in [2.45, 2.75) is 67.3 Å². The number of hydrogen-bond donors (Lipinski definition) is 3. The number of aromatic nitrogens is 2. The topological polar surface area (TPSA) is 101 Å². The lowest BCUT2D eigenvalue weighted by atomic mass is 9.96. The number of carbonyl (C=O) groups is 1. The van der Waals surface area contributed by atoms with E-state index in [4.69, 9.17) is 14.5 Å². The molecule has 1 aromatic carbocycles. The van der Waals surface area contributed by atoms with E-state index in [0.717, 1.165) is 62.1 Å². The SMILES string of the molecule is COCC(=O)N1CCC(c2nsc(NC3NCC(SC4CCCCN4)CC3Oc3ccccc3)n2)CC1. The van der Waals surface area contributed by atoms with Gasteiger partial charge in [-0.1, -0.05) is 18.2 Å². The molecule has 0 bridgehead atoms. The van der Waals surface area contributed by atoms with Crippen LogP contribution in [0, 0.1) is 0 Å². The average molecular weight is 547 g/mol. The number of benzene rings is 1. The summed E-state index contributed by atoms with van der Waals surface area (Å²) >= 11 is 3.46. The molecule has 0 spiro atoms. The van der Waals surface area contributed by atoms with E-state index in [2.05, 4.69) is 20.3 Å². The van der Waals surface area contributed by atoms with Gasteiger partial charge in [0.25, 0.3) is 0 Å². The molecule has 37 heavy (non-hydrogen) atoms. The van der Waals surface area contributed by atoms with Crippen LogP contribution >= 0.6 is 23.3 Å². The number of anilines is 1. The molecular formula is C26H38N6O3S2. The van der Waals surface area contributed by atoms with Crippen LogP contribution < -0.4 is 20.7 Å². The van der Waals surface area contributed by atoms with E-state index >= 15 is 0 Å². The number of methoxy groups -OCH3 is 1. The Morgan fingerprint density at radius 1 is 1.19 bits per heavy atom. The normalized spacial score (nSPS) is 27.1. The molecule has 1 amide bonds. The molecule has 0 saturated carbocycles. The summed E-state index contributed by atoms with van der Waals surface area (Å²) in [6.45, 7) is 3.63. The molecule has 202 valence electrons. The molecule has 3 aliphatic rings. The predicted octanol–water partition coefficient (Wildman–Crippen LogP) is 3.27. The molecule has 2 aromatic rings. The number of amides is 1. The molecule has 3 saturated heterocycles. The Balaban J connectivity index is 1.19. The van der Waals surface area contributed by atoms with Gasteiger partial charge in [-0.3, -0.25) is 10.1 Å². The highest BCUT2D eigenvalue weighted by molar-refractivity contribution is 8.00. The monoisotopic (exact) mass is 546 g/mol. The molecule has 4 atom stereocenters. The average Bonchev–Trinajstić information content (AvgIpc) is 3.40.